The Kier molecular flexibility index (Phi) is 6.16. The van der Waals surface area contributed by atoms with E-state index < -0.39 is 0 Å². The monoisotopic (exact) mass is 268 g/mol. The van der Waals surface area contributed by atoms with E-state index in [1.165, 1.54) is 5.56 Å². The van der Waals surface area contributed by atoms with Crippen molar-refractivity contribution < 1.29 is 4.79 Å². The quantitative estimate of drug-likeness (QED) is 0.885. The number of para-hydroxylation sites is 1. The fourth-order valence-corrected chi connectivity index (χ4v) is 2.26. The van der Waals surface area contributed by atoms with Gasteiger partial charge in [-0.05, 0) is 37.4 Å². The molecule has 0 aromatic heterocycles. The summed E-state index contributed by atoms with van der Waals surface area (Å²) in [5.74, 6) is 0.270. The number of nitrogens with one attached hydrogen (secondary N) is 2. The molecule has 0 bridgehead atoms. The van der Waals surface area contributed by atoms with Crippen LogP contribution in [0.5, 0.6) is 0 Å². The van der Waals surface area contributed by atoms with Crippen molar-refractivity contribution >= 4 is 24.0 Å². The number of amides is 1. The number of carbonyl (C=O) groups excluding carboxylic acids is 1. The third-order valence-corrected chi connectivity index (χ3v) is 3.32. The lowest BCUT2D eigenvalue weighted by molar-refractivity contribution is -0.120. The lowest BCUT2D eigenvalue weighted by Crippen LogP contribution is -2.37. The first-order valence-corrected chi connectivity index (χ1v) is 6.40. The van der Waals surface area contributed by atoms with Gasteiger partial charge in [-0.1, -0.05) is 25.1 Å². The fourth-order valence-electron chi connectivity index (χ4n) is 2.26. The first kappa shape index (κ1) is 15.0. The number of piperidine rings is 1. The van der Waals surface area contributed by atoms with E-state index in [0.717, 1.165) is 38.0 Å². The maximum atomic E-state index is 12.1. The van der Waals surface area contributed by atoms with E-state index in [9.17, 15) is 4.79 Å². The molecule has 1 fully saturated rings. The van der Waals surface area contributed by atoms with Crippen LogP contribution in [-0.2, 0) is 11.2 Å². The van der Waals surface area contributed by atoms with Gasteiger partial charge in [0, 0.05) is 12.2 Å². The molecular formula is C14H21ClN2O. The molecule has 1 atom stereocenters. The Balaban J connectivity index is 0.00000162. The molecule has 2 rings (SSSR count). The van der Waals surface area contributed by atoms with Gasteiger partial charge >= 0.3 is 0 Å². The molecule has 0 aliphatic carbocycles. The van der Waals surface area contributed by atoms with E-state index in [1.54, 1.807) is 0 Å². The van der Waals surface area contributed by atoms with Crippen LogP contribution in [0.3, 0.4) is 0 Å². The largest absolute Gasteiger partial charge is 0.326 e. The van der Waals surface area contributed by atoms with Gasteiger partial charge in [0.05, 0.1) is 5.92 Å². The molecule has 100 valence electrons. The number of hydrogen-bond acceptors (Lipinski definition) is 2. The van der Waals surface area contributed by atoms with Crippen LogP contribution in [0.25, 0.3) is 0 Å². The van der Waals surface area contributed by atoms with Gasteiger partial charge in [0.25, 0.3) is 0 Å². The highest BCUT2D eigenvalue weighted by molar-refractivity contribution is 5.93. The predicted octanol–water partition coefficient (Wildman–Crippen LogP) is 2.61. The van der Waals surface area contributed by atoms with Crippen LogP contribution < -0.4 is 10.6 Å². The average molecular weight is 269 g/mol. The number of carbonyl (C=O) groups is 1. The van der Waals surface area contributed by atoms with E-state index in [4.69, 9.17) is 0 Å². The molecule has 1 aromatic carbocycles. The smallest absolute Gasteiger partial charge is 0.228 e. The van der Waals surface area contributed by atoms with Crippen LogP contribution in [0, 0.1) is 5.92 Å². The summed E-state index contributed by atoms with van der Waals surface area (Å²) in [4.78, 5) is 12.1. The van der Waals surface area contributed by atoms with Crippen LogP contribution in [0.4, 0.5) is 5.69 Å². The zero-order valence-corrected chi connectivity index (χ0v) is 11.6. The van der Waals surface area contributed by atoms with Crippen molar-refractivity contribution in [3.63, 3.8) is 0 Å². The van der Waals surface area contributed by atoms with Crippen molar-refractivity contribution in [3.8, 4) is 0 Å². The Morgan fingerprint density at radius 3 is 2.89 bits per heavy atom. The Morgan fingerprint density at radius 1 is 1.44 bits per heavy atom. The van der Waals surface area contributed by atoms with Gasteiger partial charge in [-0.2, -0.15) is 0 Å². The molecule has 1 aliphatic rings. The number of halogens is 1. The van der Waals surface area contributed by atoms with Gasteiger partial charge in [-0.25, -0.2) is 0 Å². The summed E-state index contributed by atoms with van der Waals surface area (Å²) in [5, 5.41) is 6.32. The average Bonchev–Trinajstić information content (AvgIpc) is 2.40. The lowest BCUT2D eigenvalue weighted by Gasteiger charge is -2.22. The molecule has 0 saturated carbocycles. The second-order valence-corrected chi connectivity index (χ2v) is 4.54. The van der Waals surface area contributed by atoms with E-state index in [2.05, 4.69) is 23.6 Å². The van der Waals surface area contributed by atoms with Crippen molar-refractivity contribution in [2.45, 2.75) is 26.2 Å². The zero-order valence-electron chi connectivity index (χ0n) is 10.7. The molecule has 1 aromatic rings. The summed E-state index contributed by atoms with van der Waals surface area (Å²) < 4.78 is 0. The Labute approximate surface area is 115 Å². The first-order valence-electron chi connectivity index (χ1n) is 6.40. The molecule has 1 heterocycles. The van der Waals surface area contributed by atoms with Crippen LogP contribution in [-0.4, -0.2) is 19.0 Å². The highest BCUT2D eigenvalue weighted by Crippen LogP contribution is 2.18. The van der Waals surface area contributed by atoms with Gasteiger partial charge < -0.3 is 10.6 Å². The minimum absolute atomic E-state index is 0. The minimum atomic E-state index is 0. The van der Waals surface area contributed by atoms with Gasteiger partial charge in [0.2, 0.25) is 5.91 Å². The number of hydrogen-bond donors (Lipinski definition) is 2. The normalized spacial score (nSPS) is 18.8. The molecule has 1 amide bonds. The lowest BCUT2D eigenvalue weighted by atomic mass is 9.98. The van der Waals surface area contributed by atoms with E-state index in [1.807, 2.05) is 18.2 Å². The highest BCUT2D eigenvalue weighted by atomic mass is 35.5. The Hall–Kier alpha value is -1.06. The molecule has 3 nitrogen and oxygen atoms in total. The molecule has 0 spiro atoms. The fraction of sp³-hybridized carbons (Fsp3) is 0.500. The number of rotatable bonds is 3. The van der Waals surface area contributed by atoms with Crippen LogP contribution in [0.15, 0.2) is 24.3 Å². The van der Waals surface area contributed by atoms with Gasteiger partial charge in [0.15, 0.2) is 0 Å². The third kappa shape index (κ3) is 3.72. The van der Waals surface area contributed by atoms with Crippen molar-refractivity contribution in [2.24, 2.45) is 5.92 Å². The summed E-state index contributed by atoms with van der Waals surface area (Å²) in [7, 11) is 0. The van der Waals surface area contributed by atoms with Crippen molar-refractivity contribution in [3.05, 3.63) is 29.8 Å². The molecule has 18 heavy (non-hydrogen) atoms. The molecule has 0 radical (unpaired) electrons. The second kappa shape index (κ2) is 7.39. The van der Waals surface area contributed by atoms with E-state index >= 15 is 0 Å². The Bertz CT molecular complexity index is 389. The van der Waals surface area contributed by atoms with Gasteiger partial charge in [-0.3, -0.25) is 4.79 Å². The van der Waals surface area contributed by atoms with Crippen molar-refractivity contribution in [2.75, 3.05) is 18.4 Å². The maximum Gasteiger partial charge on any atom is 0.228 e. The number of aryl methyl sites for hydroxylation is 1. The summed E-state index contributed by atoms with van der Waals surface area (Å²) in [5.41, 5.74) is 2.16. The van der Waals surface area contributed by atoms with E-state index in [-0.39, 0.29) is 24.2 Å². The minimum Gasteiger partial charge on any atom is -0.326 e. The highest BCUT2D eigenvalue weighted by Gasteiger charge is 2.21. The number of anilines is 1. The summed E-state index contributed by atoms with van der Waals surface area (Å²) in [6.45, 7) is 3.95. The second-order valence-electron chi connectivity index (χ2n) is 4.54. The zero-order chi connectivity index (χ0) is 12.1. The SMILES string of the molecule is CCc1ccccc1NC(=O)C1CCCNC1.Cl. The van der Waals surface area contributed by atoms with Gasteiger partial charge in [0.1, 0.15) is 0 Å². The van der Waals surface area contributed by atoms with Crippen molar-refractivity contribution in [1.29, 1.82) is 0 Å². The molecule has 1 saturated heterocycles. The molecular weight excluding hydrogens is 248 g/mol. The molecule has 1 aliphatic heterocycles. The standard InChI is InChI=1S/C14H20N2O.ClH/c1-2-11-6-3-4-8-13(11)16-14(17)12-7-5-9-15-10-12;/h3-4,6,8,12,15H,2,5,7,9-10H2,1H3,(H,16,17);1H. The van der Waals surface area contributed by atoms with Gasteiger partial charge in [-0.15, -0.1) is 12.4 Å². The third-order valence-electron chi connectivity index (χ3n) is 3.32. The maximum absolute atomic E-state index is 12.1. The molecule has 1 unspecified atom stereocenters. The topological polar surface area (TPSA) is 41.1 Å². The molecule has 4 heteroatoms. The summed E-state index contributed by atoms with van der Waals surface area (Å²) in [6.07, 6.45) is 3.03. The first-order chi connectivity index (χ1) is 8.31. The van der Waals surface area contributed by atoms with Crippen molar-refractivity contribution in [1.82, 2.24) is 5.32 Å². The summed E-state index contributed by atoms with van der Waals surface area (Å²) in [6, 6.07) is 8.02. The van der Waals surface area contributed by atoms with Crippen LogP contribution >= 0.6 is 12.4 Å². The summed E-state index contributed by atoms with van der Waals surface area (Å²) >= 11 is 0. The van der Waals surface area contributed by atoms with E-state index in [0.29, 0.717) is 0 Å². The predicted molar refractivity (Wildman–Crippen MR) is 77.3 cm³/mol. The molecule has 2 N–H and O–H groups in total. The number of benzene rings is 1. The van der Waals surface area contributed by atoms with Crippen LogP contribution in [0.1, 0.15) is 25.3 Å². The Morgan fingerprint density at radius 2 is 2.22 bits per heavy atom. The van der Waals surface area contributed by atoms with Crippen LogP contribution in [0.2, 0.25) is 0 Å².